The maximum atomic E-state index is 12.7. The average Bonchev–Trinajstić information content (AvgIpc) is 2.79. The molecule has 23 heavy (non-hydrogen) atoms. The summed E-state index contributed by atoms with van der Waals surface area (Å²) >= 11 is 0. The van der Waals surface area contributed by atoms with Crippen molar-refractivity contribution in [2.24, 2.45) is 34.5 Å². The molecule has 6 atom stereocenters. The second-order valence-corrected chi connectivity index (χ2v) is 8.87. The van der Waals surface area contributed by atoms with Crippen molar-refractivity contribution in [3.8, 4) is 0 Å². The van der Waals surface area contributed by atoms with Gasteiger partial charge >= 0.3 is 0 Å². The maximum Gasteiger partial charge on any atom is 0.224 e. The van der Waals surface area contributed by atoms with Gasteiger partial charge < -0.3 is 5.32 Å². The number of carbonyl (C=O) groups excluding carboxylic acids is 2. The SMILES string of the molecule is CCC1CC(=O)[C@@]2(C)CC[C@@H]3[C@@H](CC=C4NC(=O)CC[C@@]43C)[C@H]12. The van der Waals surface area contributed by atoms with E-state index in [9.17, 15) is 9.59 Å². The molecule has 0 aromatic heterocycles. The van der Waals surface area contributed by atoms with Gasteiger partial charge in [0.05, 0.1) is 0 Å². The summed E-state index contributed by atoms with van der Waals surface area (Å²) in [6.07, 6.45) is 9.06. The molecule has 4 aliphatic rings. The lowest BCUT2D eigenvalue weighted by molar-refractivity contribution is -0.133. The van der Waals surface area contributed by atoms with Crippen LogP contribution in [-0.4, -0.2) is 11.7 Å². The van der Waals surface area contributed by atoms with Crippen LogP contribution in [0.1, 0.15) is 65.7 Å². The van der Waals surface area contributed by atoms with Crippen LogP contribution >= 0.6 is 0 Å². The van der Waals surface area contributed by atoms with Gasteiger partial charge in [-0.1, -0.05) is 33.3 Å². The van der Waals surface area contributed by atoms with Crippen LogP contribution in [0.3, 0.4) is 0 Å². The Kier molecular flexibility index (Phi) is 3.31. The minimum absolute atomic E-state index is 0.0819. The molecule has 0 aromatic carbocycles. The van der Waals surface area contributed by atoms with Crippen molar-refractivity contribution in [1.29, 1.82) is 0 Å². The topological polar surface area (TPSA) is 46.2 Å². The number of nitrogens with one attached hydrogen (secondary N) is 1. The zero-order valence-corrected chi connectivity index (χ0v) is 14.7. The molecule has 3 aliphatic carbocycles. The average molecular weight is 315 g/mol. The maximum absolute atomic E-state index is 12.7. The molecule has 3 fully saturated rings. The first-order valence-corrected chi connectivity index (χ1v) is 9.44. The third-order valence-corrected chi connectivity index (χ3v) is 7.98. The highest BCUT2D eigenvalue weighted by Gasteiger charge is 2.61. The Morgan fingerprint density at radius 3 is 2.74 bits per heavy atom. The van der Waals surface area contributed by atoms with Crippen LogP contribution in [0.5, 0.6) is 0 Å². The molecular formula is C20H29NO2. The van der Waals surface area contributed by atoms with Gasteiger partial charge in [0.15, 0.2) is 0 Å². The minimum atomic E-state index is -0.0819. The van der Waals surface area contributed by atoms with E-state index in [1.54, 1.807) is 0 Å². The van der Waals surface area contributed by atoms with Crippen molar-refractivity contribution < 1.29 is 9.59 Å². The van der Waals surface area contributed by atoms with E-state index in [1.807, 2.05) is 0 Å². The number of piperidine rings is 1. The van der Waals surface area contributed by atoms with Crippen LogP contribution in [-0.2, 0) is 9.59 Å². The van der Waals surface area contributed by atoms with E-state index in [2.05, 4.69) is 32.2 Å². The molecule has 1 amide bonds. The Morgan fingerprint density at radius 2 is 2.00 bits per heavy atom. The zero-order chi connectivity index (χ0) is 16.4. The molecular weight excluding hydrogens is 286 g/mol. The molecule has 1 heterocycles. The Hall–Kier alpha value is -1.12. The van der Waals surface area contributed by atoms with Gasteiger partial charge in [-0.3, -0.25) is 9.59 Å². The number of fused-ring (bicyclic) bond motifs is 5. The molecule has 0 aromatic rings. The molecule has 0 spiro atoms. The lowest BCUT2D eigenvalue weighted by atomic mass is 9.49. The van der Waals surface area contributed by atoms with Gasteiger partial charge in [-0.15, -0.1) is 0 Å². The number of ketones is 1. The highest BCUT2D eigenvalue weighted by Crippen LogP contribution is 2.64. The molecule has 3 heteroatoms. The zero-order valence-electron chi connectivity index (χ0n) is 14.7. The third kappa shape index (κ3) is 1.94. The van der Waals surface area contributed by atoms with Crippen molar-refractivity contribution in [3.63, 3.8) is 0 Å². The molecule has 2 saturated carbocycles. The van der Waals surface area contributed by atoms with Gasteiger partial charge in [-0.05, 0) is 49.4 Å². The standard InChI is InChI=1S/C20H29NO2/c1-4-12-11-16(22)20(3)9-7-14-13(18(12)20)5-6-15-19(14,2)10-8-17(23)21-15/h6,12-14,18H,4-5,7-11H2,1-3H3,(H,21,23)/t12?,13-,14-,18+,19-,20-/m1/s1. The van der Waals surface area contributed by atoms with Gasteiger partial charge in [0, 0.05) is 29.4 Å². The Morgan fingerprint density at radius 1 is 1.22 bits per heavy atom. The smallest absolute Gasteiger partial charge is 0.224 e. The van der Waals surface area contributed by atoms with Crippen LogP contribution in [0.4, 0.5) is 0 Å². The van der Waals surface area contributed by atoms with Gasteiger partial charge in [0.25, 0.3) is 0 Å². The van der Waals surface area contributed by atoms with Gasteiger partial charge in [0.2, 0.25) is 5.91 Å². The number of hydrogen-bond acceptors (Lipinski definition) is 2. The summed E-state index contributed by atoms with van der Waals surface area (Å²) in [5, 5.41) is 3.15. The molecule has 0 radical (unpaired) electrons. The van der Waals surface area contributed by atoms with Crippen molar-refractivity contribution in [2.75, 3.05) is 0 Å². The number of amides is 1. The highest BCUT2D eigenvalue weighted by molar-refractivity contribution is 5.87. The summed E-state index contributed by atoms with van der Waals surface area (Å²) in [5.41, 5.74) is 1.21. The fourth-order valence-corrected chi connectivity index (χ4v) is 6.64. The van der Waals surface area contributed by atoms with Crippen LogP contribution in [0.15, 0.2) is 11.8 Å². The first-order valence-electron chi connectivity index (χ1n) is 9.44. The van der Waals surface area contributed by atoms with E-state index in [0.29, 0.717) is 35.9 Å². The first kappa shape index (κ1) is 15.4. The molecule has 1 aliphatic heterocycles. The number of carbonyl (C=O) groups is 2. The van der Waals surface area contributed by atoms with Crippen LogP contribution in [0, 0.1) is 34.5 Å². The lowest BCUT2D eigenvalue weighted by Crippen LogP contribution is -2.54. The quantitative estimate of drug-likeness (QED) is 0.799. The molecule has 4 rings (SSSR count). The highest BCUT2D eigenvalue weighted by atomic mass is 16.1. The second-order valence-electron chi connectivity index (χ2n) is 8.87. The molecule has 0 bridgehead atoms. The largest absolute Gasteiger partial charge is 0.330 e. The monoisotopic (exact) mass is 315 g/mol. The Balaban J connectivity index is 1.73. The van der Waals surface area contributed by atoms with E-state index in [4.69, 9.17) is 0 Å². The summed E-state index contributed by atoms with van der Waals surface area (Å²) in [6.45, 7) is 6.85. The van der Waals surface area contributed by atoms with Crippen molar-refractivity contribution in [2.45, 2.75) is 65.7 Å². The first-order chi connectivity index (χ1) is 10.9. The molecule has 1 saturated heterocycles. The Bertz CT molecular complexity index is 594. The van der Waals surface area contributed by atoms with Gasteiger partial charge in [0.1, 0.15) is 5.78 Å². The van der Waals surface area contributed by atoms with Crippen molar-refractivity contribution >= 4 is 11.7 Å². The molecule has 1 N–H and O–H groups in total. The fourth-order valence-electron chi connectivity index (χ4n) is 6.64. The summed E-state index contributed by atoms with van der Waals surface area (Å²) in [5.74, 6) is 3.05. The predicted molar refractivity (Wildman–Crippen MR) is 89.4 cm³/mol. The number of hydrogen-bond donors (Lipinski definition) is 1. The minimum Gasteiger partial charge on any atom is -0.330 e. The van der Waals surface area contributed by atoms with E-state index in [-0.39, 0.29) is 16.7 Å². The van der Waals surface area contributed by atoms with Crippen molar-refractivity contribution in [1.82, 2.24) is 5.32 Å². The van der Waals surface area contributed by atoms with E-state index < -0.39 is 0 Å². The lowest BCUT2D eigenvalue weighted by Gasteiger charge is -2.56. The van der Waals surface area contributed by atoms with Crippen molar-refractivity contribution in [3.05, 3.63) is 11.8 Å². The summed E-state index contributed by atoms with van der Waals surface area (Å²) < 4.78 is 0. The van der Waals surface area contributed by atoms with Crippen LogP contribution in [0.2, 0.25) is 0 Å². The van der Waals surface area contributed by atoms with Gasteiger partial charge in [-0.2, -0.15) is 0 Å². The summed E-state index contributed by atoms with van der Waals surface area (Å²) in [7, 11) is 0. The number of allylic oxidation sites excluding steroid dienone is 2. The predicted octanol–water partition coefficient (Wildman–Crippen LogP) is 3.84. The normalized spacial score (nSPS) is 48.9. The summed E-state index contributed by atoms with van der Waals surface area (Å²) in [6, 6.07) is 0. The van der Waals surface area contributed by atoms with E-state index in [0.717, 1.165) is 38.5 Å². The van der Waals surface area contributed by atoms with Crippen LogP contribution in [0.25, 0.3) is 0 Å². The fraction of sp³-hybridized carbons (Fsp3) is 0.800. The Labute approximate surface area is 139 Å². The van der Waals surface area contributed by atoms with E-state index >= 15 is 0 Å². The third-order valence-electron chi connectivity index (χ3n) is 7.98. The number of rotatable bonds is 1. The number of Topliss-reactive ketones (excluding diaryl/α,β-unsaturated/α-hetero) is 1. The second kappa shape index (κ2) is 4.94. The van der Waals surface area contributed by atoms with Gasteiger partial charge in [-0.25, -0.2) is 0 Å². The molecule has 1 unspecified atom stereocenters. The molecule has 126 valence electrons. The summed E-state index contributed by atoms with van der Waals surface area (Å²) in [4.78, 5) is 24.5. The molecule has 3 nitrogen and oxygen atoms in total. The van der Waals surface area contributed by atoms with Crippen LogP contribution < -0.4 is 5.32 Å². The van der Waals surface area contributed by atoms with E-state index in [1.165, 1.54) is 5.70 Å².